The third-order valence-corrected chi connectivity index (χ3v) is 3.77. The molecule has 0 unspecified atom stereocenters. The van der Waals surface area contributed by atoms with Gasteiger partial charge in [0.15, 0.2) is 0 Å². The van der Waals surface area contributed by atoms with Crippen LogP contribution < -0.4 is 10.1 Å². The predicted octanol–water partition coefficient (Wildman–Crippen LogP) is 3.56. The van der Waals surface area contributed by atoms with E-state index in [-0.39, 0.29) is 0 Å². The molecule has 0 aliphatic rings. The number of methoxy groups -OCH3 is 1. The summed E-state index contributed by atoms with van der Waals surface area (Å²) >= 11 is 1.71. The van der Waals surface area contributed by atoms with E-state index in [9.17, 15) is 0 Å². The number of nitrogens with one attached hydrogen (secondary N) is 1. The van der Waals surface area contributed by atoms with Gasteiger partial charge in [0.25, 0.3) is 0 Å². The van der Waals surface area contributed by atoms with E-state index in [2.05, 4.69) is 24.1 Å². The van der Waals surface area contributed by atoms with Crippen molar-refractivity contribution in [2.24, 2.45) is 5.92 Å². The summed E-state index contributed by atoms with van der Waals surface area (Å²) in [5.41, 5.74) is 1.06. The highest BCUT2D eigenvalue weighted by atomic mass is 32.1. The Kier molecular flexibility index (Phi) is 4.93. The van der Waals surface area contributed by atoms with Gasteiger partial charge in [-0.25, -0.2) is 4.98 Å². The zero-order valence-corrected chi connectivity index (χ0v) is 12.5. The van der Waals surface area contributed by atoms with Crippen LogP contribution >= 0.6 is 11.3 Å². The molecule has 2 rings (SSSR count). The summed E-state index contributed by atoms with van der Waals surface area (Å²) in [5.74, 6) is 1.54. The summed E-state index contributed by atoms with van der Waals surface area (Å²) in [6.07, 6.45) is 1.94. The van der Waals surface area contributed by atoms with Gasteiger partial charge in [0, 0.05) is 17.6 Å². The van der Waals surface area contributed by atoms with Crippen LogP contribution in [0.15, 0.2) is 30.5 Å². The number of benzene rings is 1. The first-order valence-corrected chi connectivity index (χ1v) is 7.31. The van der Waals surface area contributed by atoms with Crippen molar-refractivity contribution in [1.29, 1.82) is 0 Å². The largest absolute Gasteiger partial charge is 0.496 e. The summed E-state index contributed by atoms with van der Waals surface area (Å²) in [6, 6.07) is 7.99. The fourth-order valence-corrected chi connectivity index (χ4v) is 2.73. The standard InChI is InChI=1S/C15H20N2OS/c1-11(2)8-16-9-12-10-17-15(19-12)13-6-4-5-7-14(13)18-3/h4-7,10-11,16H,8-9H2,1-3H3. The molecule has 0 saturated carbocycles. The third-order valence-electron chi connectivity index (χ3n) is 2.74. The zero-order chi connectivity index (χ0) is 13.7. The van der Waals surface area contributed by atoms with Crippen LogP contribution in [0.25, 0.3) is 10.6 Å². The average molecular weight is 276 g/mol. The van der Waals surface area contributed by atoms with Crippen molar-refractivity contribution in [1.82, 2.24) is 10.3 Å². The maximum Gasteiger partial charge on any atom is 0.129 e. The molecule has 0 fully saturated rings. The molecule has 0 amide bonds. The third kappa shape index (κ3) is 3.78. The maximum absolute atomic E-state index is 5.37. The lowest BCUT2D eigenvalue weighted by atomic mass is 10.2. The van der Waals surface area contributed by atoms with Crippen molar-refractivity contribution in [2.75, 3.05) is 13.7 Å². The van der Waals surface area contributed by atoms with E-state index >= 15 is 0 Å². The Morgan fingerprint density at radius 1 is 1.32 bits per heavy atom. The number of nitrogens with zero attached hydrogens (tertiary/aromatic N) is 1. The van der Waals surface area contributed by atoms with E-state index in [0.717, 1.165) is 29.4 Å². The van der Waals surface area contributed by atoms with Crippen molar-refractivity contribution in [3.8, 4) is 16.3 Å². The number of rotatable bonds is 6. The maximum atomic E-state index is 5.37. The molecule has 3 nitrogen and oxygen atoms in total. The molecular formula is C15H20N2OS. The van der Waals surface area contributed by atoms with Crippen LogP contribution in [0, 0.1) is 5.92 Å². The summed E-state index contributed by atoms with van der Waals surface area (Å²) in [7, 11) is 1.69. The number of hydrogen-bond donors (Lipinski definition) is 1. The second-order valence-electron chi connectivity index (χ2n) is 4.86. The molecule has 1 aromatic carbocycles. The Morgan fingerprint density at radius 3 is 2.84 bits per heavy atom. The van der Waals surface area contributed by atoms with E-state index in [1.54, 1.807) is 18.4 Å². The van der Waals surface area contributed by atoms with Crippen molar-refractivity contribution >= 4 is 11.3 Å². The van der Waals surface area contributed by atoms with Gasteiger partial charge in [0.2, 0.25) is 0 Å². The lowest BCUT2D eigenvalue weighted by Crippen LogP contribution is -2.18. The van der Waals surface area contributed by atoms with Crippen LogP contribution in [0.2, 0.25) is 0 Å². The van der Waals surface area contributed by atoms with Crippen LogP contribution in [-0.4, -0.2) is 18.6 Å². The summed E-state index contributed by atoms with van der Waals surface area (Å²) in [4.78, 5) is 5.74. The summed E-state index contributed by atoms with van der Waals surface area (Å²) in [6.45, 7) is 6.33. The van der Waals surface area contributed by atoms with Crippen molar-refractivity contribution in [3.05, 3.63) is 35.3 Å². The smallest absolute Gasteiger partial charge is 0.129 e. The number of hydrogen-bond acceptors (Lipinski definition) is 4. The topological polar surface area (TPSA) is 34.1 Å². The van der Waals surface area contributed by atoms with E-state index in [1.807, 2.05) is 30.5 Å². The second kappa shape index (κ2) is 6.68. The van der Waals surface area contributed by atoms with Crippen LogP contribution in [0.4, 0.5) is 0 Å². The Bertz CT molecular complexity index is 522. The van der Waals surface area contributed by atoms with Gasteiger partial charge in [-0.2, -0.15) is 0 Å². The van der Waals surface area contributed by atoms with Crippen LogP contribution in [-0.2, 0) is 6.54 Å². The fraction of sp³-hybridized carbons (Fsp3) is 0.400. The van der Waals surface area contributed by atoms with Gasteiger partial charge in [-0.05, 0) is 24.6 Å². The minimum absolute atomic E-state index is 0.668. The Hall–Kier alpha value is -1.39. The molecule has 0 bridgehead atoms. The van der Waals surface area contributed by atoms with Gasteiger partial charge in [-0.1, -0.05) is 26.0 Å². The predicted molar refractivity (Wildman–Crippen MR) is 80.6 cm³/mol. The highest BCUT2D eigenvalue weighted by molar-refractivity contribution is 7.15. The lowest BCUT2D eigenvalue weighted by Gasteiger charge is -2.05. The van der Waals surface area contributed by atoms with E-state index in [1.165, 1.54) is 4.88 Å². The number of para-hydroxylation sites is 1. The SMILES string of the molecule is COc1ccccc1-c1ncc(CNCC(C)C)s1. The van der Waals surface area contributed by atoms with Gasteiger partial charge in [-0.3, -0.25) is 0 Å². The number of thiazole rings is 1. The molecule has 19 heavy (non-hydrogen) atoms. The van der Waals surface area contributed by atoms with Crippen LogP contribution in [0.1, 0.15) is 18.7 Å². The van der Waals surface area contributed by atoms with E-state index < -0.39 is 0 Å². The highest BCUT2D eigenvalue weighted by Crippen LogP contribution is 2.32. The molecule has 1 N–H and O–H groups in total. The van der Waals surface area contributed by atoms with Gasteiger partial charge < -0.3 is 10.1 Å². The van der Waals surface area contributed by atoms with Gasteiger partial charge in [0.1, 0.15) is 10.8 Å². The first kappa shape index (κ1) is 14.0. The summed E-state index contributed by atoms with van der Waals surface area (Å²) in [5, 5.41) is 4.45. The molecule has 0 saturated heterocycles. The lowest BCUT2D eigenvalue weighted by molar-refractivity contribution is 0.416. The minimum atomic E-state index is 0.668. The molecule has 0 spiro atoms. The molecule has 1 heterocycles. The molecule has 4 heteroatoms. The first-order chi connectivity index (χ1) is 9.20. The second-order valence-corrected chi connectivity index (χ2v) is 5.97. The van der Waals surface area contributed by atoms with E-state index in [4.69, 9.17) is 4.74 Å². The van der Waals surface area contributed by atoms with Crippen molar-refractivity contribution in [3.63, 3.8) is 0 Å². The van der Waals surface area contributed by atoms with Gasteiger partial charge in [0.05, 0.1) is 12.7 Å². The number of ether oxygens (including phenoxy) is 1. The van der Waals surface area contributed by atoms with Crippen LogP contribution in [0.3, 0.4) is 0 Å². The Balaban J connectivity index is 2.08. The quantitative estimate of drug-likeness (QED) is 0.876. The molecule has 102 valence electrons. The van der Waals surface area contributed by atoms with Gasteiger partial charge >= 0.3 is 0 Å². The van der Waals surface area contributed by atoms with Crippen molar-refractivity contribution < 1.29 is 4.74 Å². The zero-order valence-electron chi connectivity index (χ0n) is 11.6. The first-order valence-electron chi connectivity index (χ1n) is 6.49. The number of aromatic nitrogens is 1. The van der Waals surface area contributed by atoms with Gasteiger partial charge in [-0.15, -0.1) is 11.3 Å². The molecule has 0 radical (unpaired) electrons. The average Bonchev–Trinajstić information content (AvgIpc) is 2.87. The molecule has 0 atom stereocenters. The molecule has 0 aliphatic carbocycles. The summed E-state index contributed by atoms with van der Waals surface area (Å²) < 4.78 is 5.37. The van der Waals surface area contributed by atoms with Crippen LogP contribution in [0.5, 0.6) is 5.75 Å². The van der Waals surface area contributed by atoms with E-state index in [0.29, 0.717) is 5.92 Å². The molecule has 2 aromatic rings. The molecular weight excluding hydrogens is 256 g/mol. The molecule has 1 aromatic heterocycles. The van der Waals surface area contributed by atoms with Crippen molar-refractivity contribution in [2.45, 2.75) is 20.4 Å². The Morgan fingerprint density at radius 2 is 2.11 bits per heavy atom. The Labute approximate surface area is 118 Å². The highest BCUT2D eigenvalue weighted by Gasteiger charge is 2.09. The fourth-order valence-electron chi connectivity index (χ4n) is 1.82. The normalized spacial score (nSPS) is 10.9. The molecule has 0 aliphatic heterocycles. The minimum Gasteiger partial charge on any atom is -0.496 e. The monoisotopic (exact) mass is 276 g/mol.